The Bertz CT molecular complexity index is 607. The minimum Gasteiger partial charge on any atom is -0.271 e. The van der Waals surface area contributed by atoms with Gasteiger partial charge in [0.25, 0.3) is 0 Å². The molecule has 0 aliphatic carbocycles. The Balaban J connectivity index is 2.52. The van der Waals surface area contributed by atoms with Crippen LogP contribution in [0.25, 0.3) is 0 Å². The summed E-state index contributed by atoms with van der Waals surface area (Å²) < 4.78 is 27.7. The summed E-state index contributed by atoms with van der Waals surface area (Å²) in [4.78, 5) is 0. The molecule has 1 unspecified atom stereocenters. The fraction of sp³-hybridized carbons (Fsp3) is 0.0769. The molecular weight excluding hydrogens is 385 g/mol. The van der Waals surface area contributed by atoms with E-state index in [1.54, 1.807) is 12.1 Å². The van der Waals surface area contributed by atoms with Gasteiger partial charge in [-0.1, -0.05) is 17.7 Å². The van der Waals surface area contributed by atoms with Crippen LogP contribution in [-0.2, 0) is 0 Å². The van der Waals surface area contributed by atoms with Gasteiger partial charge in [0.15, 0.2) is 0 Å². The number of nitrogens with two attached hydrogens (primary N) is 1. The Morgan fingerprint density at radius 1 is 1.11 bits per heavy atom. The molecule has 1 atom stereocenters. The average Bonchev–Trinajstić information content (AvgIpc) is 2.36. The maximum Gasteiger partial charge on any atom is 0.131 e. The number of nitrogens with one attached hydrogen (secondary N) is 1. The lowest BCUT2D eigenvalue weighted by atomic mass is 9.99. The molecule has 0 aliphatic rings. The van der Waals surface area contributed by atoms with Crippen molar-refractivity contribution >= 4 is 34.2 Å². The first-order chi connectivity index (χ1) is 9.02. The summed E-state index contributed by atoms with van der Waals surface area (Å²) >= 11 is 8.05. The molecule has 19 heavy (non-hydrogen) atoms. The predicted octanol–water partition coefficient (Wildman–Crippen LogP) is 3.78. The van der Waals surface area contributed by atoms with Crippen molar-refractivity contribution < 1.29 is 8.78 Å². The van der Waals surface area contributed by atoms with Crippen molar-refractivity contribution in [2.75, 3.05) is 0 Å². The summed E-state index contributed by atoms with van der Waals surface area (Å²) in [6.07, 6.45) is 0. The second-order valence-corrected chi connectivity index (χ2v) is 5.53. The molecule has 2 aromatic rings. The zero-order valence-electron chi connectivity index (χ0n) is 9.63. The molecule has 0 amide bonds. The van der Waals surface area contributed by atoms with E-state index in [1.165, 1.54) is 12.1 Å². The van der Waals surface area contributed by atoms with Crippen molar-refractivity contribution in [2.24, 2.45) is 5.84 Å². The van der Waals surface area contributed by atoms with Crippen LogP contribution < -0.4 is 11.3 Å². The van der Waals surface area contributed by atoms with Gasteiger partial charge in [0.05, 0.1) is 6.04 Å². The van der Waals surface area contributed by atoms with Gasteiger partial charge < -0.3 is 0 Å². The molecule has 0 aromatic heterocycles. The van der Waals surface area contributed by atoms with Gasteiger partial charge >= 0.3 is 0 Å². The van der Waals surface area contributed by atoms with Gasteiger partial charge in [0.1, 0.15) is 11.6 Å². The van der Waals surface area contributed by atoms with Gasteiger partial charge in [0, 0.05) is 20.2 Å². The number of hydrazine groups is 1. The maximum absolute atomic E-state index is 13.8. The molecule has 0 saturated carbocycles. The highest BCUT2D eigenvalue weighted by atomic mass is 127. The zero-order chi connectivity index (χ0) is 14.0. The van der Waals surface area contributed by atoms with Crippen LogP contribution in [0.1, 0.15) is 17.2 Å². The van der Waals surface area contributed by atoms with Crippen LogP contribution in [0.15, 0.2) is 36.4 Å². The lowest BCUT2D eigenvalue weighted by Crippen LogP contribution is -2.30. The first-order valence-corrected chi connectivity index (χ1v) is 6.84. The summed E-state index contributed by atoms with van der Waals surface area (Å²) in [5, 5.41) is 0.526. The van der Waals surface area contributed by atoms with Crippen molar-refractivity contribution in [1.29, 1.82) is 0 Å². The van der Waals surface area contributed by atoms with Gasteiger partial charge in [0.2, 0.25) is 0 Å². The molecule has 2 aromatic carbocycles. The summed E-state index contributed by atoms with van der Waals surface area (Å²) in [6.45, 7) is 0. The van der Waals surface area contributed by atoms with Gasteiger partial charge in [-0.15, -0.1) is 0 Å². The van der Waals surface area contributed by atoms with E-state index < -0.39 is 17.7 Å². The molecule has 0 saturated heterocycles. The molecule has 0 aliphatic heterocycles. The molecule has 100 valence electrons. The lowest BCUT2D eigenvalue weighted by Gasteiger charge is -2.19. The van der Waals surface area contributed by atoms with Crippen LogP contribution in [0.4, 0.5) is 8.78 Å². The summed E-state index contributed by atoms with van der Waals surface area (Å²) in [6, 6.07) is 8.05. The van der Waals surface area contributed by atoms with Crippen LogP contribution >= 0.6 is 34.2 Å². The second kappa shape index (κ2) is 6.13. The zero-order valence-corrected chi connectivity index (χ0v) is 12.5. The van der Waals surface area contributed by atoms with Crippen LogP contribution in [0.3, 0.4) is 0 Å². The molecule has 0 radical (unpaired) electrons. The molecule has 2 rings (SSSR count). The van der Waals surface area contributed by atoms with Crippen LogP contribution in [0.2, 0.25) is 5.02 Å². The van der Waals surface area contributed by atoms with E-state index in [0.29, 0.717) is 5.02 Å². The second-order valence-electron chi connectivity index (χ2n) is 3.93. The van der Waals surface area contributed by atoms with Gasteiger partial charge in [-0.2, -0.15) is 0 Å². The monoisotopic (exact) mass is 394 g/mol. The average molecular weight is 395 g/mol. The first-order valence-electron chi connectivity index (χ1n) is 5.39. The molecule has 0 bridgehead atoms. The Morgan fingerprint density at radius 3 is 2.47 bits per heavy atom. The molecule has 0 fully saturated rings. The highest BCUT2D eigenvalue weighted by Crippen LogP contribution is 2.29. The normalized spacial score (nSPS) is 12.5. The largest absolute Gasteiger partial charge is 0.271 e. The van der Waals surface area contributed by atoms with Gasteiger partial charge in [-0.3, -0.25) is 5.84 Å². The molecule has 6 heteroatoms. The Morgan fingerprint density at radius 2 is 1.84 bits per heavy atom. The van der Waals surface area contributed by atoms with Crippen molar-refractivity contribution in [1.82, 2.24) is 5.43 Å². The van der Waals surface area contributed by atoms with E-state index in [-0.39, 0.29) is 5.56 Å². The summed E-state index contributed by atoms with van der Waals surface area (Å²) in [7, 11) is 0. The Hall–Kier alpha value is -0.760. The van der Waals surface area contributed by atoms with Crippen molar-refractivity contribution in [2.45, 2.75) is 6.04 Å². The van der Waals surface area contributed by atoms with E-state index in [9.17, 15) is 8.78 Å². The fourth-order valence-electron chi connectivity index (χ4n) is 1.82. The number of hydrogen-bond acceptors (Lipinski definition) is 2. The van der Waals surface area contributed by atoms with Crippen molar-refractivity contribution in [3.05, 3.63) is 67.8 Å². The third-order valence-electron chi connectivity index (χ3n) is 2.71. The Labute approximate surface area is 128 Å². The quantitative estimate of drug-likeness (QED) is 0.472. The van der Waals surface area contributed by atoms with Gasteiger partial charge in [-0.05, 0) is 52.4 Å². The highest BCUT2D eigenvalue weighted by Gasteiger charge is 2.19. The van der Waals surface area contributed by atoms with Crippen LogP contribution in [0.5, 0.6) is 0 Å². The van der Waals surface area contributed by atoms with Gasteiger partial charge in [-0.25, -0.2) is 14.2 Å². The minimum atomic E-state index is -0.654. The highest BCUT2D eigenvalue weighted by molar-refractivity contribution is 14.1. The minimum absolute atomic E-state index is 0.268. The van der Waals surface area contributed by atoms with Crippen LogP contribution in [0, 0.1) is 15.2 Å². The van der Waals surface area contributed by atoms with E-state index in [4.69, 9.17) is 17.4 Å². The van der Waals surface area contributed by atoms with E-state index in [2.05, 4.69) is 28.0 Å². The number of hydrogen-bond donors (Lipinski definition) is 2. The molecule has 2 nitrogen and oxygen atoms in total. The summed E-state index contributed by atoms with van der Waals surface area (Å²) in [5.41, 5.74) is 3.54. The standard InChI is InChI=1S/C13H10ClF2IN2/c14-7-1-4-12(17)10(5-7)13(19-18)9-3-2-8(15)6-11(9)16/h1-6,13,19H,18H2. The smallest absolute Gasteiger partial charge is 0.131 e. The van der Waals surface area contributed by atoms with Crippen LogP contribution in [-0.4, -0.2) is 0 Å². The third-order valence-corrected chi connectivity index (χ3v) is 3.93. The summed E-state index contributed by atoms with van der Waals surface area (Å²) in [5.74, 6) is 4.22. The number of rotatable bonds is 3. The molecule has 3 N–H and O–H groups in total. The maximum atomic E-state index is 13.8. The van der Waals surface area contributed by atoms with E-state index in [1.807, 2.05) is 6.07 Å². The molecular formula is C13H10ClF2IN2. The van der Waals surface area contributed by atoms with Crippen molar-refractivity contribution in [3.63, 3.8) is 0 Å². The predicted molar refractivity (Wildman–Crippen MR) is 79.7 cm³/mol. The fourth-order valence-corrected chi connectivity index (χ4v) is 2.65. The Kier molecular flexibility index (Phi) is 4.72. The van der Waals surface area contributed by atoms with E-state index >= 15 is 0 Å². The SMILES string of the molecule is NNC(c1ccc(F)cc1F)c1cc(Cl)ccc1I. The number of halogens is 4. The first kappa shape index (κ1) is 14.6. The van der Waals surface area contributed by atoms with Crippen molar-refractivity contribution in [3.8, 4) is 0 Å². The number of benzene rings is 2. The van der Waals surface area contributed by atoms with E-state index in [0.717, 1.165) is 15.2 Å². The molecule has 0 heterocycles. The third kappa shape index (κ3) is 3.22. The topological polar surface area (TPSA) is 38.0 Å². The molecule has 0 spiro atoms. The lowest BCUT2D eigenvalue weighted by molar-refractivity contribution is 0.541.